The van der Waals surface area contributed by atoms with Crippen LogP contribution in [0.25, 0.3) is 10.8 Å². The second kappa shape index (κ2) is 7.79. The lowest BCUT2D eigenvalue weighted by atomic mass is 9.80. The van der Waals surface area contributed by atoms with Gasteiger partial charge < -0.3 is 0 Å². The molecule has 0 bridgehead atoms. The number of nitrogens with zero attached hydrogens (tertiary/aromatic N) is 1. The predicted octanol–water partition coefficient (Wildman–Crippen LogP) is 8.86. The molecule has 2 aliphatic rings. The summed E-state index contributed by atoms with van der Waals surface area (Å²) in [5.74, 6) is -1.41. The lowest BCUT2D eigenvalue weighted by Gasteiger charge is -2.29. The Morgan fingerprint density at radius 3 is 2.16 bits per heavy atom. The largest absolute Gasteiger partial charge is 0.248 e. The van der Waals surface area contributed by atoms with E-state index in [9.17, 15) is 8.78 Å². The van der Waals surface area contributed by atoms with Gasteiger partial charge in [-0.1, -0.05) is 58.0 Å². The average Bonchev–Trinajstić information content (AvgIpc) is 3.14. The Morgan fingerprint density at radius 1 is 0.875 bits per heavy atom. The van der Waals surface area contributed by atoms with Crippen LogP contribution in [0.5, 0.6) is 0 Å². The molecule has 1 saturated carbocycles. The number of hydrogen-bond acceptors (Lipinski definition) is 1. The van der Waals surface area contributed by atoms with E-state index < -0.39 is 5.92 Å². The molecule has 5 rings (SSSR count). The molecule has 0 unspecified atom stereocenters. The molecule has 3 aromatic carbocycles. The monoisotopic (exact) mass is 431 g/mol. The molecule has 166 valence electrons. The van der Waals surface area contributed by atoms with Crippen LogP contribution < -0.4 is 0 Å². The molecule has 0 spiro atoms. The number of rotatable bonds is 4. The minimum absolute atomic E-state index is 0.0116. The van der Waals surface area contributed by atoms with Crippen molar-refractivity contribution in [3.05, 3.63) is 76.3 Å². The first-order chi connectivity index (χ1) is 15.2. The van der Waals surface area contributed by atoms with Gasteiger partial charge in [-0.2, -0.15) is 0 Å². The summed E-state index contributed by atoms with van der Waals surface area (Å²) in [7, 11) is 0. The van der Waals surface area contributed by atoms with Crippen LogP contribution in [0.1, 0.15) is 98.9 Å². The van der Waals surface area contributed by atoms with E-state index in [4.69, 9.17) is 4.99 Å². The minimum Gasteiger partial charge on any atom is -0.247 e. The number of hydrogen-bond donors (Lipinski definition) is 0. The molecule has 0 radical (unpaired) electrons. The van der Waals surface area contributed by atoms with Crippen LogP contribution in [0.2, 0.25) is 0 Å². The number of halogens is 2. The number of benzene rings is 3. The molecule has 1 heterocycles. The normalized spacial score (nSPS) is 18.1. The Labute approximate surface area is 189 Å². The molecule has 0 saturated heterocycles. The summed E-state index contributed by atoms with van der Waals surface area (Å²) in [4.78, 5) is 5.07. The van der Waals surface area contributed by atoms with Crippen LogP contribution in [0.4, 0.5) is 14.5 Å². The summed E-state index contributed by atoms with van der Waals surface area (Å²) < 4.78 is 27.5. The van der Waals surface area contributed by atoms with Crippen LogP contribution in [0.15, 0.2) is 53.5 Å². The highest BCUT2D eigenvalue weighted by Gasteiger charge is 2.36. The molecule has 0 N–H and O–H groups in total. The van der Waals surface area contributed by atoms with Crippen LogP contribution >= 0.6 is 0 Å². The highest BCUT2D eigenvalue weighted by molar-refractivity contribution is 6.26. The molecule has 1 aliphatic carbocycles. The highest BCUT2D eigenvalue weighted by atomic mass is 19.3. The van der Waals surface area contributed by atoms with Crippen molar-refractivity contribution < 1.29 is 8.78 Å². The summed E-state index contributed by atoms with van der Waals surface area (Å²) in [6.07, 6.45) is 1.08. The van der Waals surface area contributed by atoms with E-state index in [1.54, 1.807) is 0 Å². The topological polar surface area (TPSA) is 12.4 Å². The molecule has 0 amide bonds. The van der Waals surface area contributed by atoms with E-state index in [0.29, 0.717) is 24.7 Å². The predicted molar refractivity (Wildman–Crippen MR) is 130 cm³/mol. The third kappa shape index (κ3) is 3.66. The van der Waals surface area contributed by atoms with Gasteiger partial charge >= 0.3 is 0 Å². The first-order valence-corrected chi connectivity index (χ1v) is 11.9. The van der Waals surface area contributed by atoms with E-state index in [0.717, 1.165) is 17.0 Å². The first kappa shape index (κ1) is 21.3. The van der Waals surface area contributed by atoms with Gasteiger partial charge in [0.1, 0.15) is 0 Å². The summed E-state index contributed by atoms with van der Waals surface area (Å²) in [6.45, 7) is 8.93. The van der Waals surface area contributed by atoms with Gasteiger partial charge in [0, 0.05) is 29.4 Å². The summed E-state index contributed by atoms with van der Waals surface area (Å²) in [5.41, 5.74) is 8.23. The Morgan fingerprint density at radius 2 is 1.53 bits per heavy atom. The van der Waals surface area contributed by atoms with Gasteiger partial charge in [0.2, 0.25) is 5.92 Å². The fourth-order valence-corrected chi connectivity index (χ4v) is 5.29. The van der Waals surface area contributed by atoms with E-state index in [1.165, 1.54) is 33.0 Å². The van der Waals surface area contributed by atoms with Crippen molar-refractivity contribution in [1.29, 1.82) is 0 Å². The van der Waals surface area contributed by atoms with Gasteiger partial charge in [0.05, 0.1) is 11.4 Å². The van der Waals surface area contributed by atoms with Crippen LogP contribution in [-0.2, 0) is 0 Å². The van der Waals surface area contributed by atoms with E-state index in [-0.39, 0.29) is 18.8 Å². The van der Waals surface area contributed by atoms with E-state index in [1.807, 2.05) is 0 Å². The zero-order valence-corrected chi connectivity index (χ0v) is 19.4. The van der Waals surface area contributed by atoms with E-state index >= 15 is 0 Å². The fraction of sp³-hybridized carbons (Fsp3) is 0.414. The zero-order valence-electron chi connectivity index (χ0n) is 19.4. The van der Waals surface area contributed by atoms with Crippen LogP contribution in [-0.4, -0.2) is 11.6 Å². The average molecular weight is 432 g/mol. The van der Waals surface area contributed by atoms with Gasteiger partial charge in [-0.05, 0) is 70.9 Å². The molecule has 1 nitrogen and oxygen atoms in total. The fourth-order valence-electron chi connectivity index (χ4n) is 5.29. The molecule has 3 heteroatoms. The molecule has 32 heavy (non-hydrogen) atoms. The standard InChI is InChI=1S/C29H31F2N/c1-17(2)20-14-21(18(3)4)16-22(15-20)28-25-7-5-6-24-23(8-9-26(32-28)27(24)25)19-10-12-29(30,31)13-11-19/h5-9,14-19H,10-13H2,1-4H3. The van der Waals surface area contributed by atoms with Gasteiger partial charge in [-0.15, -0.1) is 0 Å². The third-order valence-corrected chi connectivity index (χ3v) is 7.28. The molecule has 3 aromatic rings. The summed E-state index contributed by atoms with van der Waals surface area (Å²) in [6, 6.07) is 17.5. The lowest BCUT2D eigenvalue weighted by Crippen LogP contribution is -2.23. The zero-order chi connectivity index (χ0) is 22.6. The second-order valence-corrected chi connectivity index (χ2v) is 10.2. The van der Waals surface area contributed by atoms with Crippen molar-refractivity contribution in [3.63, 3.8) is 0 Å². The molecule has 1 fully saturated rings. The van der Waals surface area contributed by atoms with Crippen molar-refractivity contribution >= 4 is 22.2 Å². The Kier molecular flexibility index (Phi) is 5.19. The molecule has 1 aliphatic heterocycles. The minimum atomic E-state index is -2.50. The van der Waals surface area contributed by atoms with E-state index in [2.05, 4.69) is 76.2 Å². The third-order valence-electron chi connectivity index (χ3n) is 7.28. The van der Waals surface area contributed by atoms with Gasteiger partial charge in [0.25, 0.3) is 0 Å². The maximum absolute atomic E-state index is 13.7. The first-order valence-electron chi connectivity index (χ1n) is 11.9. The highest BCUT2D eigenvalue weighted by Crippen LogP contribution is 2.46. The van der Waals surface area contributed by atoms with Crippen molar-refractivity contribution in [2.75, 3.05) is 0 Å². The smallest absolute Gasteiger partial charge is 0.247 e. The van der Waals surface area contributed by atoms with Gasteiger partial charge in [-0.25, -0.2) is 13.8 Å². The summed E-state index contributed by atoms with van der Waals surface area (Å²) in [5, 5.41) is 2.36. The molecule has 0 atom stereocenters. The quantitative estimate of drug-likeness (QED) is 0.306. The maximum atomic E-state index is 13.7. The van der Waals surface area contributed by atoms with Crippen molar-refractivity contribution in [3.8, 4) is 0 Å². The molecular weight excluding hydrogens is 400 g/mol. The number of alkyl halides is 2. The van der Waals surface area contributed by atoms with Crippen molar-refractivity contribution in [1.82, 2.24) is 0 Å². The molecular formula is C29H31F2N. The second-order valence-electron chi connectivity index (χ2n) is 10.2. The SMILES string of the molecule is CC(C)c1cc(C2=Nc3ccc(C4CCC(F)(F)CC4)c4cccc2c34)cc(C(C)C)c1. The van der Waals surface area contributed by atoms with Crippen LogP contribution in [0, 0.1) is 0 Å². The van der Waals surface area contributed by atoms with Gasteiger partial charge in [-0.3, -0.25) is 0 Å². The summed E-state index contributed by atoms with van der Waals surface area (Å²) >= 11 is 0. The number of aliphatic imine (C=N–C) groups is 1. The van der Waals surface area contributed by atoms with Gasteiger partial charge in [0.15, 0.2) is 0 Å². The molecule has 0 aromatic heterocycles. The Hall–Kier alpha value is -2.55. The Bertz CT molecular complexity index is 1180. The Balaban J connectivity index is 1.60. The van der Waals surface area contributed by atoms with Crippen LogP contribution in [0.3, 0.4) is 0 Å². The van der Waals surface area contributed by atoms with Crippen molar-refractivity contribution in [2.24, 2.45) is 4.99 Å². The lowest BCUT2D eigenvalue weighted by molar-refractivity contribution is -0.0381. The van der Waals surface area contributed by atoms with Crippen molar-refractivity contribution in [2.45, 2.75) is 77.1 Å². The maximum Gasteiger partial charge on any atom is 0.248 e.